The van der Waals surface area contributed by atoms with Gasteiger partial charge in [-0.05, 0) is 56.4 Å². The maximum atomic E-state index is 12.4. The number of rotatable bonds is 2. The topological polar surface area (TPSA) is 30.0 Å². The van der Waals surface area contributed by atoms with E-state index in [1.165, 1.54) is 29.7 Å². The maximum Gasteiger partial charge on any atom is 0.204 e. The molecule has 2 aromatic heterocycles. The average Bonchev–Trinajstić information content (AvgIpc) is 2.70. The Bertz CT molecular complexity index is 574. The summed E-state index contributed by atoms with van der Waals surface area (Å²) in [7, 11) is 0. The van der Waals surface area contributed by atoms with Crippen LogP contribution in [-0.4, -0.2) is 10.8 Å². The third-order valence-electron chi connectivity index (χ3n) is 3.64. The van der Waals surface area contributed by atoms with Crippen LogP contribution in [0.3, 0.4) is 0 Å². The van der Waals surface area contributed by atoms with Crippen LogP contribution in [0.5, 0.6) is 0 Å². The number of ketones is 1. The van der Waals surface area contributed by atoms with Crippen LogP contribution in [0.4, 0.5) is 0 Å². The van der Waals surface area contributed by atoms with E-state index in [9.17, 15) is 4.79 Å². The predicted molar refractivity (Wildman–Crippen MR) is 78.0 cm³/mol. The molecule has 0 aliphatic heterocycles. The molecule has 0 bridgehead atoms. The van der Waals surface area contributed by atoms with Crippen molar-refractivity contribution >= 4 is 17.1 Å². The van der Waals surface area contributed by atoms with E-state index in [1.54, 1.807) is 17.5 Å². The summed E-state index contributed by atoms with van der Waals surface area (Å²) in [6.45, 7) is 1.93. The number of nitrogens with zero attached hydrogens (tertiary/aromatic N) is 1. The smallest absolute Gasteiger partial charge is 0.204 e. The summed E-state index contributed by atoms with van der Waals surface area (Å²) in [5.41, 5.74) is 3.03. The van der Waals surface area contributed by atoms with Crippen molar-refractivity contribution in [2.45, 2.75) is 39.0 Å². The molecular weight excluding hydrogens is 254 g/mol. The van der Waals surface area contributed by atoms with E-state index in [0.717, 1.165) is 23.4 Å². The highest BCUT2D eigenvalue weighted by atomic mass is 32.1. The molecule has 0 unspecified atom stereocenters. The lowest BCUT2D eigenvalue weighted by atomic mass is 10.1. The van der Waals surface area contributed by atoms with E-state index in [4.69, 9.17) is 0 Å². The van der Waals surface area contributed by atoms with Crippen LogP contribution >= 0.6 is 11.3 Å². The minimum atomic E-state index is 0.116. The summed E-state index contributed by atoms with van der Waals surface area (Å²) in [5, 5.41) is 0. The molecule has 1 aliphatic carbocycles. The zero-order valence-electron chi connectivity index (χ0n) is 11.1. The fourth-order valence-corrected chi connectivity index (χ4v) is 3.74. The summed E-state index contributed by atoms with van der Waals surface area (Å²) < 4.78 is 0. The van der Waals surface area contributed by atoms with Gasteiger partial charge in [-0.2, -0.15) is 0 Å². The molecular formula is C16H17NOS. The minimum Gasteiger partial charge on any atom is -0.288 e. The molecule has 3 heteroatoms. The number of fused-ring (bicyclic) bond motifs is 1. The van der Waals surface area contributed by atoms with Gasteiger partial charge in [0.2, 0.25) is 5.78 Å². The van der Waals surface area contributed by atoms with E-state index in [0.29, 0.717) is 5.56 Å². The quantitative estimate of drug-likeness (QED) is 0.611. The molecule has 0 saturated carbocycles. The summed E-state index contributed by atoms with van der Waals surface area (Å²) >= 11 is 1.68. The highest BCUT2D eigenvalue weighted by Gasteiger charge is 2.17. The van der Waals surface area contributed by atoms with Gasteiger partial charge in [-0.3, -0.25) is 9.78 Å². The van der Waals surface area contributed by atoms with Crippen LogP contribution < -0.4 is 0 Å². The van der Waals surface area contributed by atoms with Crippen molar-refractivity contribution in [3.8, 4) is 0 Å². The predicted octanol–water partition coefficient (Wildman–Crippen LogP) is 3.95. The Balaban J connectivity index is 1.90. The number of hydrogen-bond donors (Lipinski definition) is 0. The van der Waals surface area contributed by atoms with Crippen LogP contribution in [0.1, 0.15) is 50.6 Å². The molecule has 3 rings (SSSR count). The largest absolute Gasteiger partial charge is 0.288 e. The monoisotopic (exact) mass is 271 g/mol. The van der Waals surface area contributed by atoms with E-state index in [2.05, 4.69) is 11.1 Å². The molecule has 2 nitrogen and oxygen atoms in total. The maximum absolute atomic E-state index is 12.4. The normalized spacial score (nSPS) is 14.8. The zero-order chi connectivity index (χ0) is 13.2. The summed E-state index contributed by atoms with van der Waals surface area (Å²) in [6.07, 6.45) is 7.77. The van der Waals surface area contributed by atoms with Crippen LogP contribution in [0, 0.1) is 6.92 Å². The van der Waals surface area contributed by atoms with Crippen molar-refractivity contribution < 1.29 is 4.79 Å². The molecule has 2 heterocycles. The standard InChI is InChI=1S/C16H17NOS/c1-11-7-8-13(10-17-11)16(18)15-9-12-5-3-2-4-6-14(12)19-15/h7-10H,2-6H2,1H3. The first-order valence-corrected chi connectivity index (χ1v) is 7.64. The minimum absolute atomic E-state index is 0.116. The van der Waals surface area contributed by atoms with Gasteiger partial charge in [-0.25, -0.2) is 0 Å². The summed E-state index contributed by atoms with van der Waals surface area (Å²) in [4.78, 5) is 18.9. The molecule has 0 fully saturated rings. The molecule has 0 amide bonds. The number of carbonyl (C=O) groups excluding carboxylic acids is 1. The lowest BCUT2D eigenvalue weighted by Gasteiger charge is -1.98. The van der Waals surface area contributed by atoms with Crippen molar-refractivity contribution in [2.75, 3.05) is 0 Å². The second kappa shape index (κ2) is 5.25. The second-order valence-corrected chi connectivity index (χ2v) is 6.27. The Kier molecular flexibility index (Phi) is 3.47. The van der Waals surface area contributed by atoms with Gasteiger partial charge in [0.05, 0.1) is 4.88 Å². The molecule has 98 valence electrons. The Labute approximate surface area is 117 Å². The SMILES string of the molecule is Cc1ccc(C(=O)c2cc3c(s2)CCCCC3)cn1. The first kappa shape index (κ1) is 12.5. The second-order valence-electron chi connectivity index (χ2n) is 5.14. The van der Waals surface area contributed by atoms with Crippen molar-refractivity contribution in [3.63, 3.8) is 0 Å². The van der Waals surface area contributed by atoms with Crippen molar-refractivity contribution in [3.05, 3.63) is 51.0 Å². The molecule has 0 radical (unpaired) electrons. The Morgan fingerprint density at radius 3 is 2.84 bits per heavy atom. The number of carbonyl (C=O) groups is 1. The van der Waals surface area contributed by atoms with Crippen LogP contribution in [0.2, 0.25) is 0 Å². The molecule has 19 heavy (non-hydrogen) atoms. The third kappa shape index (κ3) is 2.61. The molecule has 2 aromatic rings. The molecule has 0 spiro atoms. The van der Waals surface area contributed by atoms with Crippen LogP contribution in [-0.2, 0) is 12.8 Å². The van der Waals surface area contributed by atoms with Gasteiger partial charge >= 0.3 is 0 Å². The average molecular weight is 271 g/mol. The van der Waals surface area contributed by atoms with E-state index < -0.39 is 0 Å². The molecule has 0 N–H and O–H groups in total. The van der Waals surface area contributed by atoms with Gasteiger partial charge in [0.1, 0.15) is 0 Å². The lowest BCUT2D eigenvalue weighted by molar-refractivity contribution is 0.104. The lowest BCUT2D eigenvalue weighted by Crippen LogP contribution is -1.99. The highest BCUT2D eigenvalue weighted by molar-refractivity contribution is 7.14. The van der Waals surface area contributed by atoms with Crippen LogP contribution in [0.15, 0.2) is 24.4 Å². The van der Waals surface area contributed by atoms with E-state index in [-0.39, 0.29) is 5.78 Å². The van der Waals surface area contributed by atoms with E-state index >= 15 is 0 Å². The van der Waals surface area contributed by atoms with Gasteiger partial charge in [-0.1, -0.05) is 6.42 Å². The fourth-order valence-electron chi connectivity index (χ4n) is 2.52. The van der Waals surface area contributed by atoms with Gasteiger partial charge in [0.25, 0.3) is 0 Å². The molecule has 0 aromatic carbocycles. The first-order valence-electron chi connectivity index (χ1n) is 6.83. The number of pyridine rings is 1. The van der Waals surface area contributed by atoms with Gasteiger partial charge in [0.15, 0.2) is 0 Å². The zero-order valence-corrected chi connectivity index (χ0v) is 11.9. The number of thiophene rings is 1. The van der Waals surface area contributed by atoms with E-state index in [1.807, 2.05) is 19.1 Å². The third-order valence-corrected chi connectivity index (χ3v) is 4.88. The van der Waals surface area contributed by atoms with Gasteiger partial charge in [0, 0.05) is 22.3 Å². The first-order chi connectivity index (χ1) is 9.24. The Morgan fingerprint density at radius 1 is 1.21 bits per heavy atom. The van der Waals surface area contributed by atoms with Crippen LogP contribution in [0.25, 0.3) is 0 Å². The van der Waals surface area contributed by atoms with Crippen molar-refractivity contribution in [1.29, 1.82) is 0 Å². The summed E-state index contributed by atoms with van der Waals surface area (Å²) in [6, 6.07) is 5.87. The molecule has 0 atom stereocenters. The van der Waals surface area contributed by atoms with Crippen molar-refractivity contribution in [1.82, 2.24) is 4.98 Å². The van der Waals surface area contributed by atoms with Gasteiger partial charge < -0.3 is 0 Å². The van der Waals surface area contributed by atoms with Crippen molar-refractivity contribution in [2.24, 2.45) is 0 Å². The number of aromatic nitrogens is 1. The number of hydrogen-bond acceptors (Lipinski definition) is 3. The Hall–Kier alpha value is -1.48. The molecule has 0 saturated heterocycles. The highest BCUT2D eigenvalue weighted by Crippen LogP contribution is 2.30. The molecule has 1 aliphatic rings. The summed E-state index contributed by atoms with van der Waals surface area (Å²) in [5.74, 6) is 0.116. The number of aryl methyl sites for hydroxylation is 3. The Morgan fingerprint density at radius 2 is 2.05 bits per heavy atom. The fraction of sp³-hybridized carbons (Fsp3) is 0.375. The van der Waals surface area contributed by atoms with Gasteiger partial charge in [-0.15, -0.1) is 11.3 Å².